The topological polar surface area (TPSA) is 55.6 Å². The molecule has 2 heterocycles. The van der Waals surface area contributed by atoms with Gasteiger partial charge in [0.25, 0.3) is 0 Å². The fourth-order valence-corrected chi connectivity index (χ4v) is 4.20. The number of hydrogen-bond donors (Lipinski definition) is 1. The number of benzene rings is 1. The fourth-order valence-electron chi connectivity index (χ4n) is 3.08. The second-order valence-corrected chi connectivity index (χ2v) is 7.12. The van der Waals surface area contributed by atoms with Crippen molar-refractivity contribution in [3.05, 3.63) is 40.3 Å². The van der Waals surface area contributed by atoms with Gasteiger partial charge in [0.2, 0.25) is 0 Å². The van der Waals surface area contributed by atoms with E-state index >= 15 is 0 Å². The third kappa shape index (κ3) is 3.26. The summed E-state index contributed by atoms with van der Waals surface area (Å²) in [5, 5.41) is 0.543. The van der Waals surface area contributed by atoms with E-state index in [4.69, 9.17) is 10.5 Å². The average molecular weight is 330 g/mol. The minimum absolute atomic E-state index is 0.359. The molecule has 0 bridgehead atoms. The Morgan fingerprint density at radius 1 is 1.26 bits per heavy atom. The number of likely N-dealkylation sites (tertiary alicyclic amines) is 1. The van der Waals surface area contributed by atoms with Gasteiger partial charge in [0, 0.05) is 17.0 Å². The van der Waals surface area contributed by atoms with Crippen LogP contribution in [0.5, 0.6) is 0 Å². The summed E-state index contributed by atoms with van der Waals surface area (Å²) in [5.41, 5.74) is 9.82. The quantitative estimate of drug-likeness (QED) is 0.869. The fraction of sp³-hybridized carbons (Fsp3) is 0.389. The summed E-state index contributed by atoms with van der Waals surface area (Å²) < 4.78 is 4.96. The largest absolute Gasteiger partial charge is 0.465 e. The van der Waals surface area contributed by atoms with Crippen molar-refractivity contribution in [2.45, 2.75) is 26.3 Å². The number of nitrogen functional groups attached to an aromatic ring is 1. The molecule has 0 spiro atoms. The lowest BCUT2D eigenvalue weighted by atomic mass is 10.00. The normalized spacial score (nSPS) is 15.0. The number of methoxy groups -OCH3 is 1. The number of aryl methyl sites for hydroxylation is 1. The Morgan fingerprint density at radius 2 is 1.91 bits per heavy atom. The first-order chi connectivity index (χ1) is 11.1. The molecule has 1 aromatic carbocycles. The van der Waals surface area contributed by atoms with E-state index in [-0.39, 0.29) is 5.97 Å². The van der Waals surface area contributed by atoms with Gasteiger partial charge >= 0.3 is 5.97 Å². The summed E-state index contributed by atoms with van der Waals surface area (Å²) in [6, 6.07) is 8.22. The van der Waals surface area contributed by atoms with E-state index in [9.17, 15) is 4.79 Å². The van der Waals surface area contributed by atoms with Gasteiger partial charge in [-0.25, -0.2) is 4.79 Å². The number of carbonyl (C=O) groups excluding carboxylic acids is 1. The minimum atomic E-state index is -0.359. The van der Waals surface area contributed by atoms with E-state index in [1.807, 2.05) is 0 Å². The van der Waals surface area contributed by atoms with Crippen LogP contribution in [0, 0.1) is 6.92 Å². The molecule has 1 saturated heterocycles. The zero-order valence-corrected chi connectivity index (χ0v) is 14.4. The highest BCUT2D eigenvalue weighted by atomic mass is 32.1. The molecule has 2 N–H and O–H groups in total. The minimum Gasteiger partial charge on any atom is -0.465 e. The predicted molar refractivity (Wildman–Crippen MR) is 94.8 cm³/mol. The van der Waals surface area contributed by atoms with Crippen LogP contribution in [0.3, 0.4) is 0 Å². The molecule has 122 valence electrons. The van der Waals surface area contributed by atoms with Gasteiger partial charge < -0.3 is 10.5 Å². The summed E-state index contributed by atoms with van der Waals surface area (Å²) in [7, 11) is 1.40. The van der Waals surface area contributed by atoms with Crippen molar-refractivity contribution in [3.63, 3.8) is 0 Å². The molecule has 2 aromatic rings. The highest BCUT2D eigenvalue weighted by Gasteiger charge is 2.25. The first-order valence-electron chi connectivity index (χ1n) is 7.89. The second-order valence-electron chi connectivity index (χ2n) is 5.98. The van der Waals surface area contributed by atoms with E-state index in [2.05, 4.69) is 36.1 Å². The summed E-state index contributed by atoms with van der Waals surface area (Å²) >= 11 is 1.51. The Labute approximate surface area is 140 Å². The Kier molecular flexibility index (Phi) is 4.68. The van der Waals surface area contributed by atoms with Crippen molar-refractivity contribution in [2.24, 2.45) is 0 Å². The highest BCUT2D eigenvalue weighted by molar-refractivity contribution is 7.17. The van der Waals surface area contributed by atoms with Crippen LogP contribution < -0.4 is 5.73 Å². The van der Waals surface area contributed by atoms with Crippen LogP contribution in [-0.2, 0) is 11.3 Å². The number of esters is 1. The molecule has 0 aliphatic carbocycles. The molecule has 4 nitrogen and oxygen atoms in total. The molecule has 3 rings (SSSR count). The third-order valence-electron chi connectivity index (χ3n) is 4.30. The molecule has 5 heteroatoms. The molecule has 1 aromatic heterocycles. The number of thiophene rings is 1. The average Bonchev–Trinajstić information content (AvgIpc) is 3.15. The van der Waals surface area contributed by atoms with Gasteiger partial charge in [-0.15, -0.1) is 11.3 Å². The highest BCUT2D eigenvalue weighted by Crippen LogP contribution is 2.40. The molecule has 23 heavy (non-hydrogen) atoms. The number of nitrogens with two attached hydrogens (primary N) is 1. The van der Waals surface area contributed by atoms with Gasteiger partial charge in [-0.3, -0.25) is 4.90 Å². The van der Waals surface area contributed by atoms with Gasteiger partial charge in [-0.2, -0.15) is 0 Å². The van der Waals surface area contributed by atoms with Crippen molar-refractivity contribution in [2.75, 3.05) is 25.9 Å². The maximum Gasteiger partial charge on any atom is 0.341 e. The molecular formula is C18H22N2O2S. The molecule has 0 atom stereocenters. The standard InChI is InChI=1S/C18H22N2O2S/c1-12-5-7-13(8-6-12)15-14(11-20-9-3-4-10-20)23-17(19)16(15)18(21)22-2/h5-8H,3-4,9-11,19H2,1-2H3. The SMILES string of the molecule is COC(=O)c1c(N)sc(CN2CCCC2)c1-c1ccc(C)cc1. The summed E-state index contributed by atoms with van der Waals surface area (Å²) in [4.78, 5) is 15.8. The van der Waals surface area contributed by atoms with Gasteiger partial charge in [-0.1, -0.05) is 29.8 Å². The molecule has 0 radical (unpaired) electrons. The summed E-state index contributed by atoms with van der Waals surface area (Å²) in [5.74, 6) is -0.359. The lowest BCUT2D eigenvalue weighted by molar-refractivity contribution is 0.0603. The maximum atomic E-state index is 12.2. The van der Waals surface area contributed by atoms with Crippen molar-refractivity contribution in [1.82, 2.24) is 4.90 Å². The van der Waals surface area contributed by atoms with Crippen LogP contribution in [-0.4, -0.2) is 31.1 Å². The molecule has 0 unspecified atom stereocenters. The number of hydrogen-bond acceptors (Lipinski definition) is 5. The van der Waals surface area contributed by atoms with Gasteiger partial charge in [0.05, 0.1) is 7.11 Å². The molecule has 1 aliphatic rings. The van der Waals surface area contributed by atoms with E-state index in [0.29, 0.717) is 10.6 Å². The zero-order chi connectivity index (χ0) is 16.4. The van der Waals surface area contributed by atoms with Crippen LogP contribution in [0.25, 0.3) is 11.1 Å². The summed E-state index contributed by atoms with van der Waals surface area (Å²) in [6.07, 6.45) is 2.48. The second kappa shape index (κ2) is 6.72. The third-order valence-corrected chi connectivity index (χ3v) is 5.31. The maximum absolute atomic E-state index is 12.2. The molecule has 1 fully saturated rings. The van der Waals surface area contributed by atoms with Crippen LogP contribution in [0.4, 0.5) is 5.00 Å². The number of ether oxygens (including phenoxy) is 1. The van der Waals surface area contributed by atoms with E-state index in [1.165, 1.54) is 36.9 Å². The van der Waals surface area contributed by atoms with Crippen molar-refractivity contribution >= 4 is 22.3 Å². The van der Waals surface area contributed by atoms with E-state index in [1.54, 1.807) is 0 Å². The number of rotatable bonds is 4. The van der Waals surface area contributed by atoms with Crippen molar-refractivity contribution < 1.29 is 9.53 Å². The Morgan fingerprint density at radius 3 is 2.52 bits per heavy atom. The Bertz CT molecular complexity index is 701. The number of nitrogens with zero attached hydrogens (tertiary/aromatic N) is 1. The molecule has 0 saturated carbocycles. The van der Waals surface area contributed by atoms with Crippen LogP contribution >= 0.6 is 11.3 Å². The smallest absolute Gasteiger partial charge is 0.341 e. The monoisotopic (exact) mass is 330 g/mol. The van der Waals surface area contributed by atoms with Gasteiger partial charge in [-0.05, 0) is 38.4 Å². The molecular weight excluding hydrogens is 308 g/mol. The lowest BCUT2D eigenvalue weighted by Crippen LogP contribution is -2.18. The Balaban J connectivity index is 2.07. The van der Waals surface area contributed by atoms with Crippen molar-refractivity contribution in [3.8, 4) is 11.1 Å². The molecule has 1 aliphatic heterocycles. The number of anilines is 1. The molecule has 0 amide bonds. The number of carbonyl (C=O) groups is 1. The van der Waals surface area contributed by atoms with Crippen LogP contribution in [0.15, 0.2) is 24.3 Å². The van der Waals surface area contributed by atoms with Gasteiger partial charge in [0.15, 0.2) is 0 Å². The summed E-state index contributed by atoms with van der Waals surface area (Å²) in [6.45, 7) is 5.12. The lowest BCUT2D eigenvalue weighted by Gasteiger charge is -2.15. The van der Waals surface area contributed by atoms with E-state index < -0.39 is 0 Å². The van der Waals surface area contributed by atoms with Crippen LogP contribution in [0.1, 0.15) is 33.6 Å². The zero-order valence-electron chi connectivity index (χ0n) is 13.6. The predicted octanol–water partition coefficient (Wildman–Crippen LogP) is 3.69. The van der Waals surface area contributed by atoms with Crippen LogP contribution in [0.2, 0.25) is 0 Å². The Hall–Kier alpha value is -1.85. The first-order valence-corrected chi connectivity index (χ1v) is 8.70. The van der Waals surface area contributed by atoms with Gasteiger partial charge in [0.1, 0.15) is 10.6 Å². The first kappa shape index (κ1) is 16.0. The van der Waals surface area contributed by atoms with Crippen molar-refractivity contribution in [1.29, 1.82) is 0 Å². The van der Waals surface area contributed by atoms with E-state index in [0.717, 1.165) is 35.6 Å².